The number of piperidine rings is 1. The molecule has 206 valence electrons. The summed E-state index contributed by atoms with van der Waals surface area (Å²) in [7, 11) is 0. The van der Waals surface area contributed by atoms with Crippen LogP contribution in [0.1, 0.15) is 38.3 Å². The van der Waals surface area contributed by atoms with Gasteiger partial charge in [0.15, 0.2) is 5.82 Å². The van der Waals surface area contributed by atoms with Gasteiger partial charge in [0.25, 0.3) is 0 Å². The van der Waals surface area contributed by atoms with Crippen LogP contribution >= 0.6 is 0 Å². The zero-order chi connectivity index (χ0) is 27.5. The van der Waals surface area contributed by atoms with E-state index < -0.39 is 11.7 Å². The van der Waals surface area contributed by atoms with Gasteiger partial charge in [0.05, 0.1) is 47.6 Å². The van der Waals surface area contributed by atoms with Crippen LogP contribution in [-0.2, 0) is 14.3 Å². The van der Waals surface area contributed by atoms with Crippen molar-refractivity contribution in [2.24, 2.45) is 5.41 Å². The Hall–Kier alpha value is -4.22. The van der Waals surface area contributed by atoms with E-state index in [2.05, 4.69) is 25.3 Å². The maximum atomic E-state index is 13.7. The molecule has 0 bridgehead atoms. The summed E-state index contributed by atoms with van der Waals surface area (Å²) in [5.41, 5.74) is 2.41. The highest BCUT2D eigenvalue weighted by Gasteiger charge is 2.43. The third-order valence-corrected chi connectivity index (χ3v) is 7.16. The Kier molecular flexibility index (Phi) is 7.23. The highest BCUT2D eigenvalue weighted by molar-refractivity contribution is 5.83. The molecule has 1 amide bonds. The number of anilines is 2. The quantitative estimate of drug-likeness (QED) is 0.354. The van der Waals surface area contributed by atoms with Gasteiger partial charge in [-0.2, -0.15) is 0 Å². The summed E-state index contributed by atoms with van der Waals surface area (Å²) in [6.07, 6.45) is 7.40. The first-order valence-corrected chi connectivity index (χ1v) is 13.4. The number of likely N-dealkylation sites (tertiary alicyclic amines) is 1. The molecule has 2 aliphatic heterocycles. The van der Waals surface area contributed by atoms with Crippen molar-refractivity contribution in [1.29, 1.82) is 0 Å². The van der Waals surface area contributed by atoms with Crippen LogP contribution in [0.3, 0.4) is 0 Å². The summed E-state index contributed by atoms with van der Waals surface area (Å²) in [4.78, 5) is 36.3. The summed E-state index contributed by atoms with van der Waals surface area (Å²) in [6.45, 7) is 3.85. The smallest absolute Gasteiger partial charge is 0.233 e. The molecule has 0 radical (unpaired) electrons. The number of aromatic nitrogens is 5. The lowest BCUT2D eigenvalue weighted by atomic mass is 9.89. The molecule has 2 aliphatic rings. The minimum Gasteiger partial charge on any atom is -0.345 e. The number of carbonyl (C=O) groups excluding carboxylic acids is 1. The van der Waals surface area contributed by atoms with Gasteiger partial charge in [-0.3, -0.25) is 9.78 Å². The molecule has 2 N–H and O–H groups in total. The van der Waals surface area contributed by atoms with E-state index >= 15 is 0 Å². The number of pyridine rings is 1. The minimum absolute atomic E-state index is 0.0624. The van der Waals surface area contributed by atoms with Crippen molar-refractivity contribution in [2.45, 2.75) is 32.5 Å². The predicted octanol–water partition coefficient (Wildman–Crippen LogP) is 4.88. The molecule has 0 atom stereocenters. The Balaban J connectivity index is 1.27. The Labute approximate surface area is 231 Å². The second-order valence-electron chi connectivity index (χ2n) is 10.4. The van der Waals surface area contributed by atoms with Crippen LogP contribution in [0.5, 0.6) is 0 Å². The lowest BCUT2D eigenvalue weighted by Crippen LogP contribution is -2.51. The third kappa shape index (κ3) is 5.43. The number of nitrogens with one attached hydrogen (secondary N) is 2. The SMILES string of the molecule is CC1(C(=O)N2CCCCC2)COC(c2nc(-c3ccc(F)cc3)c(-c3ccnc(Nc4cccnc4)n3)[nH]2)OC1. The average molecular weight is 544 g/mol. The molecule has 2 saturated heterocycles. The number of ether oxygens (including phenoxy) is 2. The molecule has 5 heterocycles. The van der Waals surface area contributed by atoms with E-state index in [9.17, 15) is 9.18 Å². The topological polar surface area (TPSA) is 118 Å². The van der Waals surface area contributed by atoms with Gasteiger partial charge in [-0.05, 0) is 68.7 Å². The van der Waals surface area contributed by atoms with Crippen molar-refractivity contribution in [3.05, 3.63) is 72.7 Å². The molecule has 0 unspecified atom stereocenters. The van der Waals surface area contributed by atoms with Gasteiger partial charge in [-0.15, -0.1) is 0 Å². The number of hydrogen-bond donors (Lipinski definition) is 2. The predicted molar refractivity (Wildman–Crippen MR) is 146 cm³/mol. The van der Waals surface area contributed by atoms with Crippen LogP contribution in [-0.4, -0.2) is 62.0 Å². The van der Waals surface area contributed by atoms with Crippen molar-refractivity contribution in [3.8, 4) is 22.6 Å². The van der Waals surface area contributed by atoms with Gasteiger partial charge in [0, 0.05) is 31.0 Å². The number of nitrogens with zero attached hydrogens (tertiary/aromatic N) is 5. The number of halogens is 1. The van der Waals surface area contributed by atoms with Crippen LogP contribution < -0.4 is 5.32 Å². The fourth-order valence-corrected chi connectivity index (χ4v) is 5.00. The molecule has 6 rings (SSSR count). The van der Waals surface area contributed by atoms with E-state index in [0.29, 0.717) is 34.4 Å². The van der Waals surface area contributed by atoms with Crippen molar-refractivity contribution in [2.75, 3.05) is 31.6 Å². The fraction of sp³-hybridized carbons (Fsp3) is 0.345. The summed E-state index contributed by atoms with van der Waals surface area (Å²) < 4.78 is 25.9. The molecular weight excluding hydrogens is 513 g/mol. The number of imidazole rings is 1. The zero-order valence-corrected chi connectivity index (χ0v) is 22.1. The van der Waals surface area contributed by atoms with Gasteiger partial charge in [-0.1, -0.05) is 0 Å². The first kappa shape index (κ1) is 26.0. The van der Waals surface area contributed by atoms with Crippen LogP contribution in [0.15, 0.2) is 61.1 Å². The van der Waals surface area contributed by atoms with Crippen LogP contribution in [0.2, 0.25) is 0 Å². The van der Waals surface area contributed by atoms with E-state index in [-0.39, 0.29) is 24.9 Å². The van der Waals surface area contributed by atoms with Gasteiger partial charge in [-0.25, -0.2) is 19.3 Å². The highest BCUT2D eigenvalue weighted by atomic mass is 19.1. The van der Waals surface area contributed by atoms with E-state index in [1.54, 1.807) is 36.8 Å². The molecule has 10 nitrogen and oxygen atoms in total. The van der Waals surface area contributed by atoms with Crippen LogP contribution in [0.25, 0.3) is 22.6 Å². The normalized spacial score (nSPS) is 21.2. The lowest BCUT2D eigenvalue weighted by Gasteiger charge is -2.40. The summed E-state index contributed by atoms with van der Waals surface area (Å²) in [5, 5.41) is 3.14. The first-order chi connectivity index (χ1) is 19.5. The van der Waals surface area contributed by atoms with E-state index in [1.807, 2.05) is 24.0 Å². The van der Waals surface area contributed by atoms with Crippen molar-refractivity contribution in [3.63, 3.8) is 0 Å². The molecule has 11 heteroatoms. The molecule has 0 saturated carbocycles. The first-order valence-electron chi connectivity index (χ1n) is 13.4. The number of hydrogen-bond acceptors (Lipinski definition) is 8. The molecule has 4 aromatic rings. The van der Waals surface area contributed by atoms with E-state index in [0.717, 1.165) is 38.0 Å². The van der Waals surface area contributed by atoms with Crippen molar-refractivity contribution < 1.29 is 18.7 Å². The van der Waals surface area contributed by atoms with Gasteiger partial charge < -0.3 is 24.7 Å². The molecule has 0 aliphatic carbocycles. The number of H-pyrrole nitrogens is 1. The van der Waals surface area contributed by atoms with Crippen LogP contribution in [0, 0.1) is 11.2 Å². The number of aromatic amines is 1. The molecule has 3 aromatic heterocycles. The third-order valence-electron chi connectivity index (χ3n) is 7.16. The molecule has 2 fully saturated rings. The maximum absolute atomic E-state index is 13.7. The highest BCUT2D eigenvalue weighted by Crippen LogP contribution is 2.36. The van der Waals surface area contributed by atoms with Crippen molar-refractivity contribution >= 4 is 17.5 Å². The maximum Gasteiger partial charge on any atom is 0.233 e. The zero-order valence-electron chi connectivity index (χ0n) is 22.1. The molecule has 1 aromatic carbocycles. The molecule has 40 heavy (non-hydrogen) atoms. The Morgan fingerprint density at radius 1 is 1.05 bits per heavy atom. The lowest BCUT2D eigenvalue weighted by molar-refractivity contribution is -0.234. The van der Waals surface area contributed by atoms with E-state index in [4.69, 9.17) is 14.5 Å². The second-order valence-corrected chi connectivity index (χ2v) is 10.4. The largest absolute Gasteiger partial charge is 0.345 e. The van der Waals surface area contributed by atoms with Crippen LogP contribution in [0.4, 0.5) is 16.0 Å². The molecule has 0 spiro atoms. The van der Waals surface area contributed by atoms with E-state index in [1.165, 1.54) is 12.1 Å². The van der Waals surface area contributed by atoms with Crippen molar-refractivity contribution in [1.82, 2.24) is 29.8 Å². The summed E-state index contributed by atoms with van der Waals surface area (Å²) in [6, 6.07) is 11.5. The molecular formula is C29H30FN7O3. The fourth-order valence-electron chi connectivity index (χ4n) is 5.00. The summed E-state index contributed by atoms with van der Waals surface area (Å²) in [5.74, 6) is 0.529. The Morgan fingerprint density at radius 2 is 1.82 bits per heavy atom. The summed E-state index contributed by atoms with van der Waals surface area (Å²) >= 11 is 0. The standard InChI is InChI=1S/C29H30FN7O3/c1-29(27(38)37-14-3-2-4-15-37)17-39-26(40-18-29)25-35-23(19-7-9-20(30)10-8-19)24(36-25)22-11-13-32-28(34-22)33-21-6-5-12-31-16-21/h5-13,16,26H,2-4,14-15,17-18H2,1H3,(H,35,36)(H,32,33,34). The Morgan fingerprint density at radius 3 is 2.55 bits per heavy atom. The number of rotatable bonds is 6. The Bertz CT molecular complexity index is 1460. The monoisotopic (exact) mass is 543 g/mol. The van der Waals surface area contributed by atoms with Gasteiger partial charge in [0.2, 0.25) is 18.1 Å². The average Bonchev–Trinajstić information content (AvgIpc) is 3.44. The second kappa shape index (κ2) is 11.1. The van der Waals surface area contributed by atoms with Gasteiger partial charge >= 0.3 is 0 Å². The van der Waals surface area contributed by atoms with Gasteiger partial charge in [0.1, 0.15) is 5.82 Å². The minimum atomic E-state index is -0.801. The number of carbonyl (C=O) groups is 1. The number of amides is 1. The number of benzene rings is 1.